The molecule has 2 aromatic rings. The Bertz CT molecular complexity index is 1130. The molecule has 170 valence electrons. The lowest BCUT2D eigenvalue weighted by atomic mass is 9.99. The van der Waals surface area contributed by atoms with Gasteiger partial charge in [0.25, 0.3) is 5.91 Å². The fraction of sp³-hybridized carbons (Fsp3) is 0.296. The molecule has 0 bridgehead atoms. The van der Waals surface area contributed by atoms with Crippen LogP contribution in [0.25, 0.3) is 17.2 Å². The number of esters is 1. The Labute approximate surface area is 194 Å². The highest BCUT2D eigenvalue weighted by Crippen LogP contribution is 2.35. The van der Waals surface area contributed by atoms with Gasteiger partial charge in [-0.3, -0.25) is 9.79 Å². The first-order chi connectivity index (χ1) is 16.0. The van der Waals surface area contributed by atoms with Gasteiger partial charge in [0, 0.05) is 43.4 Å². The van der Waals surface area contributed by atoms with Crippen LogP contribution in [0, 0.1) is 0 Å². The number of allylic oxidation sites excluding steroid dienone is 1. The average Bonchev–Trinajstić information content (AvgIpc) is 3.33. The molecule has 2 aromatic carbocycles. The Kier molecular flexibility index (Phi) is 6.73. The number of amides is 1. The molecule has 0 atom stereocenters. The second kappa shape index (κ2) is 9.86. The normalized spacial score (nSPS) is 15.9. The number of rotatable bonds is 5. The second-order valence-corrected chi connectivity index (χ2v) is 8.23. The molecule has 33 heavy (non-hydrogen) atoms. The van der Waals surface area contributed by atoms with E-state index in [0.717, 1.165) is 54.0 Å². The first-order valence-electron chi connectivity index (χ1n) is 11.3. The summed E-state index contributed by atoms with van der Waals surface area (Å²) in [5.41, 5.74) is 5.78. The number of benzene rings is 2. The molecule has 6 nitrogen and oxygen atoms in total. The van der Waals surface area contributed by atoms with E-state index in [1.165, 1.54) is 0 Å². The Morgan fingerprint density at radius 3 is 2.45 bits per heavy atom. The molecule has 0 saturated carbocycles. The van der Waals surface area contributed by atoms with E-state index in [1.54, 1.807) is 20.3 Å². The number of hydrogen-bond acceptors (Lipinski definition) is 4. The van der Waals surface area contributed by atoms with E-state index in [4.69, 9.17) is 4.74 Å². The highest BCUT2D eigenvalue weighted by atomic mass is 16.5. The third kappa shape index (κ3) is 4.75. The molecule has 1 fully saturated rings. The van der Waals surface area contributed by atoms with Gasteiger partial charge in [-0.2, -0.15) is 0 Å². The predicted octanol–water partition coefficient (Wildman–Crippen LogP) is 4.92. The van der Waals surface area contributed by atoms with Crippen LogP contribution in [0.3, 0.4) is 0 Å². The third-order valence-electron chi connectivity index (χ3n) is 5.98. The number of fused-ring (bicyclic) bond motifs is 1. The van der Waals surface area contributed by atoms with Crippen molar-refractivity contribution in [2.45, 2.75) is 26.2 Å². The Balaban J connectivity index is 1.69. The van der Waals surface area contributed by atoms with Gasteiger partial charge in [-0.1, -0.05) is 24.8 Å². The number of hydrogen-bond donors (Lipinski definition) is 0. The molecule has 6 heteroatoms. The summed E-state index contributed by atoms with van der Waals surface area (Å²) in [6.07, 6.45) is 6.11. The van der Waals surface area contributed by atoms with E-state index in [0.29, 0.717) is 24.2 Å². The van der Waals surface area contributed by atoms with Gasteiger partial charge in [0.2, 0.25) is 0 Å². The maximum Gasteiger partial charge on any atom is 0.334 e. The van der Waals surface area contributed by atoms with Gasteiger partial charge in [0.15, 0.2) is 0 Å². The van der Waals surface area contributed by atoms with Gasteiger partial charge in [0.1, 0.15) is 0 Å². The first kappa shape index (κ1) is 22.5. The van der Waals surface area contributed by atoms with E-state index < -0.39 is 0 Å². The molecule has 4 rings (SSSR count). The van der Waals surface area contributed by atoms with Crippen molar-refractivity contribution in [3.63, 3.8) is 0 Å². The molecule has 0 aliphatic carbocycles. The summed E-state index contributed by atoms with van der Waals surface area (Å²) in [4.78, 5) is 33.1. The summed E-state index contributed by atoms with van der Waals surface area (Å²) in [5, 5.41) is 0. The Morgan fingerprint density at radius 1 is 1.09 bits per heavy atom. The minimum atomic E-state index is -0.338. The van der Waals surface area contributed by atoms with Crippen LogP contribution in [0.5, 0.6) is 0 Å². The standard InChI is InChI=1S/C27H29N3O3/c1-4-33-27(32)24-15-19(2)30(18-28-3)25-12-11-22(16-23(25)17-24)20-7-9-21(10-8-20)26(31)29-13-5-6-14-29/h7-12,16-18H,2,4-6,13-15H2,1,3H3. The smallest absolute Gasteiger partial charge is 0.334 e. The summed E-state index contributed by atoms with van der Waals surface area (Å²) < 4.78 is 5.25. The molecule has 2 heterocycles. The number of nitrogens with zero attached hydrogens (tertiary/aromatic N) is 3. The van der Waals surface area contributed by atoms with Gasteiger partial charge in [0.05, 0.1) is 18.6 Å². The maximum absolute atomic E-state index is 12.7. The minimum Gasteiger partial charge on any atom is -0.463 e. The van der Waals surface area contributed by atoms with Crippen LogP contribution in [0.4, 0.5) is 5.69 Å². The van der Waals surface area contributed by atoms with Gasteiger partial charge in [-0.05, 0) is 66.8 Å². The van der Waals surface area contributed by atoms with Crippen LogP contribution < -0.4 is 4.90 Å². The van der Waals surface area contributed by atoms with E-state index in [1.807, 2.05) is 58.3 Å². The maximum atomic E-state index is 12.7. The molecule has 0 unspecified atom stereocenters. The monoisotopic (exact) mass is 443 g/mol. The van der Waals surface area contributed by atoms with E-state index in [-0.39, 0.29) is 11.9 Å². The quantitative estimate of drug-likeness (QED) is 0.374. The molecule has 0 spiro atoms. The lowest BCUT2D eigenvalue weighted by Gasteiger charge is -2.22. The zero-order chi connectivity index (χ0) is 23.4. The molecule has 2 aliphatic heterocycles. The fourth-order valence-electron chi connectivity index (χ4n) is 4.31. The van der Waals surface area contributed by atoms with Crippen LogP contribution in [-0.4, -0.2) is 49.9 Å². The third-order valence-corrected chi connectivity index (χ3v) is 5.98. The largest absolute Gasteiger partial charge is 0.463 e. The number of carbonyl (C=O) groups excluding carboxylic acids is 2. The molecule has 0 radical (unpaired) electrons. The zero-order valence-corrected chi connectivity index (χ0v) is 19.2. The molecule has 2 aliphatic rings. The van der Waals surface area contributed by atoms with Crippen LogP contribution >= 0.6 is 0 Å². The van der Waals surface area contributed by atoms with Crippen molar-refractivity contribution in [1.82, 2.24) is 4.90 Å². The highest BCUT2D eigenvalue weighted by molar-refractivity contribution is 6.00. The highest BCUT2D eigenvalue weighted by Gasteiger charge is 2.23. The molecule has 1 amide bonds. The molecular weight excluding hydrogens is 414 g/mol. The van der Waals surface area contributed by atoms with Crippen molar-refractivity contribution < 1.29 is 14.3 Å². The lowest BCUT2D eigenvalue weighted by molar-refractivity contribution is -0.138. The summed E-state index contributed by atoms with van der Waals surface area (Å²) in [5.74, 6) is -0.244. The number of ether oxygens (including phenoxy) is 1. The lowest BCUT2D eigenvalue weighted by Crippen LogP contribution is -2.27. The van der Waals surface area contributed by atoms with Crippen molar-refractivity contribution in [3.05, 3.63) is 71.4 Å². The SMILES string of the molecule is C=C1CC(C(=O)OCC)=Cc2cc(-c3ccc(C(=O)N4CCCC4)cc3)ccc2N1C=NC. The molecular formula is C27H29N3O3. The van der Waals surface area contributed by atoms with Crippen molar-refractivity contribution in [2.75, 3.05) is 31.6 Å². The van der Waals surface area contributed by atoms with E-state index in [2.05, 4.69) is 11.6 Å². The summed E-state index contributed by atoms with van der Waals surface area (Å²) >= 11 is 0. The van der Waals surface area contributed by atoms with Gasteiger partial charge >= 0.3 is 5.97 Å². The van der Waals surface area contributed by atoms with E-state index in [9.17, 15) is 9.59 Å². The fourth-order valence-corrected chi connectivity index (χ4v) is 4.31. The molecule has 0 aromatic heterocycles. The predicted molar refractivity (Wildman–Crippen MR) is 132 cm³/mol. The summed E-state index contributed by atoms with van der Waals surface area (Å²) in [6, 6.07) is 13.8. The van der Waals surface area contributed by atoms with E-state index >= 15 is 0 Å². The number of aliphatic imine (C=N–C) groups is 1. The number of carbonyl (C=O) groups is 2. The average molecular weight is 444 g/mol. The van der Waals surface area contributed by atoms with Crippen molar-refractivity contribution in [2.24, 2.45) is 4.99 Å². The summed E-state index contributed by atoms with van der Waals surface area (Å²) in [6.45, 7) is 7.94. The Hall–Kier alpha value is -3.67. The molecule has 0 N–H and O–H groups in total. The first-order valence-corrected chi connectivity index (χ1v) is 11.3. The van der Waals surface area contributed by atoms with Crippen LogP contribution in [0.2, 0.25) is 0 Å². The molecule has 1 saturated heterocycles. The van der Waals surface area contributed by atoms with Gasteiger partial charge < -0.3 is 14.5 Å². The number of anilines is 1. The number of likely N-dealkylation sites (tertiary alicyclic amines) is 1. The zero-order valence-electron chi connectivity index (χ0n) is 19.2. The summed E-state index contributed by atoms with van der Waals surface area (Å²) in [7, 11) is 1.71. The Morgan fingerprint density at radius 2 is 1.79 bits per heavy atom. The van der Waals surface area contributed by atoms with Crippen LogP contribution in [-0.2, 0) is 9.53 Å². The van der Waals surface area contributed by atoms with Crippen LogP contribution in [0.15, 0.2) is 65.3 Å². The van der Waals surface area contributed by atoms with Gasteiger partial charge in [-0.15, -0.1) is 0 Å². The van der Waals surface area contributed by atoms with Crippen molar-refractivity contribution in [3.8, 4) is 11.1 Å². The topological polar surface area (TPSA) is 62.2 Å². The second-order valence-electron chi connectivity index (χ2n) is 8.23. The van der Waals surface area contributed by atoms with Crippen LogP contribution in [0.1, 0.15) is 42.1 Å². The minimum absolute atomic E-state index is 0.0935. The van der Waals surface area contributed by atoms with Gasteiger partial charge in [-0.25, -0.2) is 4.79 Å². The van der Waals surface area contributed by atoms with Crippen molar-refractivity contribution >= 4 is 30.0 Å². The van der Waals surface area contributed by atoms with Crippen molar-refractivity contribution in [1.29, 1.82) is 0 Å².